The van der Waals surface area contributed by atoms with Gasteiger partial charge in [-0.1, -0.05) is 0 Å². The van der Waals surface area contributed by atoms with Gasteiger partial charge in [0, 0.05) is 30.7 Å². The lowest BCUT2D eigenvalue weighted by Gasteiger charge is -2.14. The molecule has 4 aromatic rings. The second kappa shape index (κ2) is 7.70. The molecule has 0 atom stereocenters. The second-order valence-corrected chi connectivity index (χ2v) is 6.87. The smallest absolute Gasteiger partial charge is 0.192 e. The Bertz CT molecular complexity index is 1240. The third-order valence-electron chi connectivity index (χ3n) is 5.00. The van der Waals surface area contributed by atoms with Crippen LogP contribution in [0.1, 0.15) is 12.1 Å². The Kier molecular flexibility index (Phi) is 5.10. The van der Waals surface area contributed by atoms with Crippen molar-refractivity contribution in [3.05, 3.63) is 40.2 Å². The van der Waals surface area contributed by atoms with Crippen molar-refractivity contribution in [2.24, 2.45) is 5.73 Å². The molecule has 0 saturated heterocycles. The van der Waals surface area contributed by atoms with E-state index in [2.05, 4.69) is 15.7 Å². The fourth-order valence-electron chi connectivity index (χ4n) is 3.69. The van der Waals surface area contributed by atoms with Crippen LogP contribution < -0.4 is 21.8 Å². The van der Waals surface area contributed by atoms with E-state index in [-0.39, 0.29) is 29.0 Å². The average Bonchev–Trinajstić information content (AvgIpc) is 3.07. The Balaban J connectivity index is 2.06. The number of phenolic OH excluding ortho intramolecular Hbond substituents is 1. The summed E-state index contributed by atoms with van der Waals surface area (Å²) in [7, 11) is 0. The van der Waals surface area contributed by atoms with Gasteiger partial charge in [-0.15, -0.1) is 0 Å². The third kappa shape index (κ3) is 3.09. The number of nitrogens with zero attached hydrogens (tertiary/aromatic N) is 2. The highest BCUT2D eigenvalue weighted by atomic mass is 16.3. The Labute approximate surface area is 165 Å². The molecule has 2 aromatic heterocycles. The Morgan fingerprint density at radius 2 is 1.90 bits per heavy atom. The number of benzene rings is 2. The average molecular weight is 397 g/mol. The van der Waals surface area contributed by atoms with Gasteiger partial charge < -0.3 is 31.7 Å². The van der Waals surface area contributed by atoms with Crippen LogP contribution in [0.4, 0.5) is 5.69 Å². The summed E-state index contributed by atoms with van der Waals surface area (Å²) in [5, 5.41) is 42.7. The van der Waals surface area contributed by atoms with E-state index < -0.39 is 5.43 Å². The van der Waals surface area contributed by atoms with Crippen molar-refractivity contribution < 1.29 is 15.3 Å². The molecule has 2 heterocycles. The van der Waals surface area contributed by atoms with Crippen molar-refractivity contribution in [3.63, 3.8) is 0 Å². The van der Waals surface area contributed by atoms with E-state index in [0.717, 1.165) is 11.8 Å². The predicted octanol–water partition coefficient (Wildman–Crippen LogP) is 0.692. The molecule has 0 fully saturated rings. The van der Waals surface area contributed by atoms with Gasteiger partial charge in [0.1, 0.15) is 17.0 Å². The van der Waals surface area contributed by atoms with E-state index in [1.807, 2.05) is 12.1 Å². The molecule has 0 amide bonds. The molecule has 4 rings (SSSR count). The molecule has 0 saturated carbocycles. The number of rotatable bonds is 8. The number of hydrogen-bond donors (Lipinski definition) is 6. The fraction of sp³-hybridized carbons (Fsp3) is 0.300. The number of hydrogen-bond acceptors (Lipinski definition) is 8. The molecular weight excluding hydrogens is 374 g/mol. The van der Waals surface area contributed by atoms with Crippen LogP contribution in [0.5, 0.6) is 11.5 Å². The first-order valence-corrected chi connectivity index (χ1v) is 9.48. The summed E-state index contributed by atoms with van der Waals surface area (Å²) in [6.07, 6.45) is 0.748. The van der Waals surface area contributed by atoms with E-state index in [1.165, 1.54) is 16.6 Å². The summed E-state index contributed by atoms with van der Waals surface area (Å²) in [5.41, 5.74) is 7.29. The zero-order valence-electron chi connectivity index (χ0n) is 15.8. The zero-order chi connectivity index (χ0) is 20.5. The fourth-order valence-corrected chi connectivity index (χ4v) is 3.69. The summed E-state index contributed by atoms with van der Waals surface area (Å²) >= 11 is 0. The SMILES string of the molecule is NCCCNc1ccc2c(CNCCO)nn3c4c(O)ccc(=O)c4c(O)c1c23. The van der Waals surface area contributed by atoms with Crippen molar-refractivity contribution in [1.29, 1.82) is 0 Å². The molecule has 9 heteroatoms. The lowest BCUT2D eigenvalue weighted by atomic mass is 10.0. The molecule has 2 aromatic carbocycles. The van der Waals surface area contributed by atoms with E-state index >= 15 is 0 Å². The van der Waals surface area contributed by atoms with Crippen molar-refractivity contribution in [2.45, 2.75) is 13.0 Å². The van der Waals surface area contributed by atoms with Crippen LogP contribution in [0.25, 0.3) is 27.2 Å². The first kappa shape index (κ1) is 19.2. The molecule has 152 valence electrons. The van der Waals surface area contributed by atoms with Crippen molar-refractivity contribution >= 4 is 32.9 Å². The van der Waals surface area contributed by atoms with Crippen molar-refractivity contribution in [3.8, 4) is 11.5 Å². The van der Waals surface area contributed by atoms with E-state index in [9.17, 15) is 15.0 Å². The standard InChI is InChI=1S/C20H23N5O4/c21-6-1-7-23-12-3-2-11-13(10-22-8-9-26)24-25-18(11)16(12)20(29)17-14(27)4-5-15(28)19(17)25/h2-5,22-23,26,28-29H,1,6-10,21H2. The molecule has 7 N–H and O–H groups in total. The van der Waals surface area contributed by atoms with Crippen LogP contribution in [0, 0.1) is 0 Å². The quantitative estimate of drug-likeness (QED) is 0.188. The number of aliphatic hydroxyl groups excluding tert-OH is 1. The molecule has 0 radical (unpaired) electrons. The maximum atomic E-state index is 12.5. The van der Waals surface area contributed by atoms with Gasteiger partial charge in [0.15, 0.2) is 5.43 Å². The number of nitrogens with two attached hydrogens (primary N) is 1. The van der Waals surface area contributed by atoms with Crippen LogP contribution in [0.3, 0.4) is 0 Å². The first-order valence-electron chi connectivity index (χ1n) is 9.48. The van der Waals surface area contributed by atoms with Crippen LogP contribution in [0.15, 0.2) is 29.1 Å². The number of aromatic nitrogens is 2. The third-order valence-corrected chi connectivity index (χ3v) is 5.00. The van der Waals surface area contributed by atoms with Crippen molar-refractivity contribution in [1.82, 2.24) is 14.9 Å². The zero-order valence-corrected chi connectivity index (χ0v) is 15.8. The number of pyridine rings is 1. The van der Waals surface area contributed by atoms with Gasteiger partial charge in [-0.25, -0.2) is 4.52 Å². The minimum Gasteiger partial charge on any atom is -0.506 e. The number of fused-ring (bicyclic) bond motifs is 2. The van der Waals surface area contributed by atoms with Gasteiger partial charge in [0.25, 0.3) is 0 Å². The van der Waals surface area contributed by atoms with Gasteiger partial charge in [0.2, 0.25) is 0 Å². The maximum Gasteiger partial charge on any atom is 0.192 e. The molecule has 0 unspecified atom stereocenters. The molecular formula is C20H23N5O4. The minimum atomic E-state index is -0.402. The number of aromatic hydroxyl groups is 2. The Morgan fingerprint density at radius 3 is 2.66 bits per heavy atom. The van der Waals surface area contributed by atoms with Crippen LogP contribution >= 0.6 is 0 Å². The Morgan fingerprint density at radius 1 is 1.07 bits per heavy atom. The number of anilines is 1. The molecule has 0 aliphatic carbocycles. The summed E-state index contributed by atoms with van der Waals surface area (Å²) in [5.74, 6) is -0.332. The lowest BCUT2D eigenvalue weighted by molar-refractivity contribution is 0.291. The number of aliphatic hydroxyl groups is 1. The summed E-state index contributed by atoms with van der Waals surface area (Å²) < 4.78 is 1.51. The summed E-state index contributed by atoms with van der Waals surface area (Å²) in [4.78, 5) is 12.5. The highest BCUT2D eigenvalue weighted by molar-refractivity contribution is 6.14. The van der Waals surface area contributed by atoms with Crippen LogP contribution in [0.2, 0.25) is 0 Å². The van der Waals surface area contributed by atoms with E-state index in [0.29, 0.717) is 48.5 Å². The number of nitrogens with one attached hydrogen (secondary N) is 2. The van der Waals surface area contributed by atoms with E-state index in [1.54, 1.807) is 0 Å². The van der Waals surface area contributed by atoms with Gasteiger partial charge in [-0.2, -0.15) is 5.10 Å². The minimum absolute atomic E-state index is 0.00314. The lowest BCUT2D eigenvalue weighted by Crippen LogP contribution is -2.17. The first-order chi connectivity index (χ1) is 14.1. The van der Waals surface area contributed by atoms with Crippen molar-refractivity contribution in [2.75, 3.05) is 31.6 Å². The van der Waals surface area contributed by atoms with Gasteiger partial charge in [0.05, 0.1) is 28.6 Å². The summed E-state index contributed by atoms with van der Waals surface area (Å²) in [6.45, 7) is 1.93. The normalized spacial score (nSPS) is 11.8. The monoisotopic (exact) mass is 397 g/mol. The highest BCUT2D eigenvalue weighted by Crippen LogP contribution is 2.42. The second-order valence-electron chi connectivity index (χ2n) is 6.87. The summed E-state index contributed by atoms with van der Waals surface area (Å²) in [6, 6.07) is 6.26. The molecule has 29 heavy (non-hydrogen) atoms. The molecule has 0 aliphatic rings. The maximum absolute atomic E-state index is 12.5. The topological polar surface area (TPSA) is 145 Å². The molecule has 0 bridgehead atoms. The largest absolute Gasteiger partial charge is 0.506 e. The Hall–Kier alpha value is -3.14. The molecule has 9 nitrogen and oxygen atoms in total. The van der Waals surface area contributed by atoms with E-state index in [4.69, 9.17) is 10.8 Å². The molecule has 0 spiro atoms. The van der Waals surface area contributed by atoms with Gasteiger partial charge in [-0.3, -0.25) is 4.79 Å². The van der Waals surface area contributed by atoms with Gasteiger partial charge >= 0.3 is 0 Å². The van der Waals surface area contributed by atoms with Crippen LogP contribution in [-0.4, -0.2) is 51.2 Å². The van der Waals surface area contributed by atoms with Gasteiger partial charge in [-0.05, 0) is 37.2 Å². The number of phenols is 1. The molecule has 0 aliphatic heterocycles. The highest BCUT2D eigenvalue weighted by Gasteiger charge is 2.23. The van der Waals surface area contributed by atoms with Crippen LogP contribution in [-0.2, 0) is 6.54 Å². The predicted molar refractivity (Wildman–Crippen MR) is 112 cm³/mol.